The summed E-state index contributed by atoms with van der Waals surface area (Å²) in [6.07, 6.45) is 3.89. The third-order valence-electron chi connectivity index (χ3n) is 3.62. The zero-order valence-corrected chi connectivity index (χ0v) is 11.1. The van der Waals surface area contributed by atoms with Crippen molar-refractivity contribution in [1.29, 1.82) is 0 Å². The van der Waals surface area contributed by atoms with Gasteiger partial charge in [-0.1, -0.05) is 0 Å². The van der Waals surface area contributed by atoms with E-state index in [0.717, 1.165) is 43.7 Å². The van der Waals surface area contributed by atoms with Crippen molar-refractivity contribution in [3.05, 3.63) is 23.7 Å². The van der Waals surface area contributed by atoms with Crippen LogP contribution in [0, 0.1) is 12.8 Å². The van der Waals surface area contributed by atoms with E-state index in [-0.39, 0.29) is 11.9 Å². The maximum atomic E-state index is 11.4. The summed E-state index contributed by atoms with van der Waals surface area (Å²) in [5.41, 5.74) is 0. The summed E-state index contributed by atoms with van der Waals surface area (Å²) in [5, 5.41) is 3.48. The van der Waals surface area contributed by atoms with Crippen LogP contribution < -0.4 is 5.32 Å². The highest BCUT2D eigenvalue weighted by molar-refractivity contribution is 5.72. The van der Waals surface area contributed by atoms with Gasteiger partial charge in [0.15, 0.2) is 0 Å². The van der Waals surface area contributed by atoms with E-state index in [1.54, 1.807) is 0 Å². The van der Waals surface area contributed by atoms with E-state index < -0.39 is 0 Å². The van der Waals surface area contributed by atoms with Gasteiger partial charge < -0.3 is 14.5 Å². The fourth-order valence-corrected chi connectivity index (χ4v) is 2.52. The second-order valence-corrected chi connectivity index (χ2v) is 4.96. The molecule has 18 heavy (non-hydrogen) atoms. The maximum Gasteiger partial charge on any atom is 0.308 e. The Morgan fingerprint density at radius 3 is 2.67 bits per heavy atom. The molecule has 2 rings (SSSR count). The smallest absolute Gasteiger partial charge is 0.308 e. The molecule has 0 unspecified atom stereocenters. The van der Waals surface area contributed by atoms with Crippen LogP contribution in [0.4, 0.5) is 0 Å². The third-order valence-corrected chi connectivity index (χ3v) is 3.62. The molecule has 1 aliphatic carbocycles. The van der Waals surface area contributed by atoms with E-state index >= 15 is 0 Å². The molecule has 0 amide bonds. The van der Waals surface area contributed by atoms with Crippen molar-refractivity contribution in [2.45, 2.75) is 45.2 Å². The van der Waals surface area contributed by atoms with E-state index in [1.807, 2.05) is 19.1 Å². The van der Waals surface area contributed by atoms with Crippen LogP contribution in [0.25, 0.3) is 0 Å². The Morgan fingerprint density at radius 2 is 2.11 bits per heavy atom. The fourth-order valence-electron chi connectivity index (χ4n) is 2.52. The molecule has 0 saturated heterocycles. The molecule has 0 atom stereocenters. The van der Waals surface area contributed by atoms with E-state index in [2.05, 4.69) is 5.32 Å². The van der Waals surface area contributed by atoms with Gasteiger partial charge in [0, 0.05) is 6.04 Å². The van der Waals surface area contributed by atoms with E-state index in [4.69, 9.17) is 9.15 Å². The lowest BCUT2D eigenvalue weighted by atomic mass is 9.86. The number of aryl methyl sites for hydroxylation is 1. The van der Waals surface area contributed by atoms with Gasteiger partial charge in [-0.15, -0.1) is 0 Å². The van der Waals surface area contributed by atoms with Crippen molar-refractivity contribution in [3.8, 4) is 0 Å². The highest BCUT2D eigenvalue weighted by Gasteiger charge is 2.26. The number of hydrogen-bond donors (Lipinski definition) is 1. The molecule has 0 aromatic carbocycles. The molecule has 0 radical (unpaired) electrons. The lowest BCUT2D eigenvalue weighted by Gasteiger charge is -2.27. The summed E-state index contributed by atoms with van der Waals surface area (Å²) >= 11 is 0. The predicted molar refractivity (Wildman–Crippen MR) is 68.0 cm³/mol. The van der Waals surface area contributed by atoms with Crippen molar-refractivity contribution >= 4 is 5.97 Å². The van der Waals surface area contributed by atoms with Crippen molar-refractivity contribution in [3.63, 3.8) is 0 Å². The van der Waals surface area contributed by atoms with Crippen LogP contribution in [0.2, 0.25) is 0 Å². The SMILES string of the molecule is COC(=O)C1CCC(NCc2ccc(C)o2)CC1. The summed E-state index contributed by atoms with van der Waals surface area (Å²) < 4.78 is 10.3. The van der Waals surface area contributed by atoms with Gasteiger partial charge in [-0.2, -0.15) is 0 Å². The van der Waals surface area contributed by atoms with Gasteiger partial charge >= 0.3 is 5.97 Å². The average Bonchev–Trinajstić information content (AvgIpc) is 2.82. The number of esters is 1. The molecule has 0 aliphatic heterocycles. The molecule has 4 nitrogen and oxygen atoms in total. The fraction of sp³-hybridized carbons (Fsp3) is 0.643. The molecule has 1 aliphatic rings. The van der Waals surface area contributed by atoms with E-state index in [1.165, 1.54) is 7.11 Å². The summed E-state index contributed by atoms with van der Waals surface area (Å²) in [5.74, 6) is 1.96. The van der Waals surface area contributed by atoms with Crippen LogP contribution in [-0.2, 0) is 16.1 Å². The normalized spacial score (nSPS) is 23.9. The van der Waals surface area contributed by atoms with Crippen LogP contribution >= 0.6 is 0 Å². The lowest BCUT2D eigenvalue weighted by Crippen LogP contribution is -2.34. The number of methoxy groups -OCH3 is 1. The molecule has 1 saturated carbocycles. The first-order chi connectivity index (χ1) is 8.69. The van der Waals surface area contributed by atoms with Crippen molar-refractivity contribution in [1.82, 2.24) is 5.32 Å². The van der Waals surface area contributed by atoms with Gasteiger partial charge in [-0.3, -0.25) is 4.79 Å². The van der Waals surface area contributed by atoms with Crippen LogP contribution in [0.1, 0.15) is 37.2 Å². The number of rotatable bonds is 4. The van der Waals surface area contributed by atoms with Crippen LogP contribution in [-0.4, -0.2) is 19.1 Å². The van der Waals surface area contributed by atoms with Crippen LogP contribution in [0.5, 0.6) is 0 Å². The van der Waals surface area contributed by atoms with Gasteiger partial charge in [0.25, 0.3) is 0 Å². The van der Waals surface area contributed by atoms with Gasteiger partial charge in [0.2, 0.25) is 0 Å². The number of ether oxygens (including phenoxy) is 1. The molecule has 1 aromatic heterocycles. The Morgan fingerprint density at radius 1 is 1.39 bits per heavy atom. The van der Waals surface area contributed by atoms with Gasteiger partial charge in [0.1, 0.15) is 11.5 Å². The molecule has 100 valence electrons. The first kappa shape index (κ1) is 13.1. The topological polar surface area (TPSA) is 51.5 Å². The molecule has 0 spiro atoms. The largest absolute Gasteiger partial charge is 0.469 e. The maximum absolute atomic E-state index is 11.4. The monoisotopic (exact) mass is 251 g/mol. The molecule has 1 heterocycles. The van der Waals surface area contributed by atoms with Gasteiger partial charge in [0.05, 0.1) is 19.6 Å². The summed E-state index contributed by atoms with van der Waals surface area (Å²) in [6, 6.07) is 4.46. The zero-order chi connectivity index (χ0) is 13.0. The molecular formula is C14H21NO3. The van der Waals surface area contributed by atoms with E-state index in [9.17, 15) is 4.79 Å². The molecular weight excluding hydrogens is 230 g/mol. The Hall–Kier alpha value is -1.29. The van der Waals surface area contributed by atoms with Crippen molar-refractivity contribution in [2.24, 2.45) is 5.92 Å². The minimum absolute atomic E-state index is 0.0601. The van der Waals surface area contributed by atoms with Gasteiger partial charge in [-0.25, -0.2) is 0 Å². The standard InChI is InChI=1S/C14H21NO3/c1-10-3-8-13(18-10)9-15-12-6-4-11(5-7-12)14(16)17-2/h3,8,11-12,15H,4-7,9H2,1-2H3. The first-order valence-electron chi connectivity index (χ1n) is 6.55. The number of furan rings is 1. The molecule has 1 fully saturated rings. The molecule has 1 N–H and O–H groups in total. The summed E-state index contributed by atoms with van der Waals surface area (Å²) in [6.45, 7) is 2.71. The lowest BCUT2D eigenvalue weighted by molar-refractivity contribution is -0.146. The van der Waals surface area contributed by atoms with Gasteiger partial charge in [-0.05, 0) is 44.7 Å². The summed E-state index contributed by atoms with van der Waals surface area (Å²) in [7, 11) is 1.46. The average molecular weight is 251 g/mol. The van der Waals surface area contributed by atoms with E-state index in [0.29, 0.717) is 6.04 Å². The Kier molecular flexibility index (Phi) is 4.42. The highest BCUT2D eigenvalue weighted by Crippen LogP contribution is 2.25. The number of hydrogen-bond acceptors (Lipinski definition) is 4. The number of carbonyl (C=O) groups is 1. The minimum atomic E-state index is -0.0601. The van der Waals surface area contributed by atoms with Crippen molar-refractivity contribution in [2.75, 3.05) is 7.11 Å². The number of nitrogens with one attached hydrogen (secondary N) is 1. The predicted octanol–water partition coefficient (Wildman–Crippen LogP) is 2.41. The molecule has 1 aromatic rings. The second kappa shape index (κ2) is 6.05. The van der Waals surface area contributed by atoms with Crippen LogP contribution in [0.15, 0.2) is 16.5 Å². The Labute approximate surface area is 108 Å². The highest BCUT2D eigenvalue weighted by atomic mass is 16.5. The number of carbonyl (C=O) groups excluding carboxylic acids is 1. The Bertz CT molecular complexity index is 391. The molecule has 4 heteroatoms. The summed E-state index contributed by atoms with van der Waals surface area (Å²) in [4.78, 5) is 11.4. The third kappa shape index (κ3) is 3.35. The van der Waals surface area contributed by atoms with Crippen LogP contribution in [0.3, 0.4) is 0 Å². The second-order valence-electron chi connectivity index (χ2n) is 4.96. The molecule has 0 bridgehead atoms. The Balaban J connectivity index is 1.72. The van der Waals surface area contributed by atoms with Crippen molar-refractivity contribution < 1.29 is 13.9 Å². The zero-order valence-electron chi connectivity index (χ0n) is 11.1. The first-order valence-corrected chi connectivity index (χ1v) is 6.55. The minimum Gasteiger partial charge on any atom is -0.469 e. The quantitative estimate of drug-likeness (QED) is 0.835.